The number of hydrogen-bond donors (Lipinski definition) is 2. The van der Waals surface area contributed by atoms with Crippen molar-refractivity contribution in [3.63, 3.8) is 0 Å². The summed E-state index contributed by atoms with van der Waals surface area (Å²) in [6, 6.07) is 5.75. The summed E-state index contributed by atoms with van der Waals surface area (Å²) in [6.07, 6.45) is 1.58. The first-order valence-corrected chi connectivity index (χ1v) is 8.29. The maximum atomic E-state index is 6.00. The van der Waals surface area contributed by atoms with Crippen molar-refractivity contribution in [1.29, 1.82) is 0 Å². The minimum Gasteiger partial charge on any atom is -0.370 e. The molecule has 2 rings (SSSR count). The van der Waals surface area contributed by atoms with Crippen molar-refractivity contribution in [3.8, 4) is 0 Å². The summed E-state index contributed by atoms with van der Waals surface area (Å²) in [5, 5.41) is 7.41. The topological polar surface area (TPSA) is 49.8 Å². The second kappa shape index (κ2) is 7.26. The molecule has 2 aromatic rings. The molecule has 112 valence electrons. The summed E-state index contributed by atoms with van der Waals surface area (Å²) in [4.78, 5) is 8.75. The van der Waals surface area contributed by atoms with Crippen LogP contribution in [0.4, 0.5) is 17.3 Å². The van der Waals surface area contributed by atoms with Crippen molar-refractivity contribution in [2.45, 2.75) is 26.7 Å². The molecule has 0 aliphatic heterocycles. The van der Waals surface area contributed by atoms with Gasteiger partial charge in [-0.05, 0) is 53.6 Å². The van der Waals surface area contributed by atoms with Crippen LogP contribution >= 0.6 is 34.2 Å². The first kappa shape index (κ1) is 16.3. The highest BCUT2D eigenvalue weighted by molar-refractivity contribution is 14.1. The Kier molecular flexibility index (Phi) is 5.64. The van der Waals surface area contributed by atoms with E-state index < -0.39 is 0 Å². The molecule has 1 aromatic carbocycles. The number of halogens is 2. The number of benzene rings is 1. The quantitative estimate of drug-likeness (QED) is 0.671. The number of nitrogens with zero attached hydrogens (tertiary/aromatic N) is 2. The van der Waals surface area contributed by atoms with E-state index in [9.17, 15) is 0 Å². The lowest BCUT2D eigenvalue weighted by Crippen LogP contribution is -2.09. The SMILES string of the molecule is CCNc1ncnc(Nc2ccc(Cl)cc2I)c1C(C)C. The van der Waals surface area contributed by atoms with E-state index in [-0.39, 0.29) is 0 Å². The van der Waals surface area contributed by atoms with Crippen molar-refractivity contribution in [2.24, 2.45) is 0 Å². The second-order valence-electron chi connectivity index (χ2n) is 4.92. The maximum absolute atomic E-state index is 6.00. The van der Waals surface area contributed by atoms with Crippen molar-refractivity contribution in [2.75, 3.05) is 17.2 Å². The van der Waals surface area contributed by atoms with Crippen molar-refractivity contribution in [1.82, 2.24) is 9.97 Å². The average molecular weight is 417 g/mol. The van der Waals surface area contributed by atoms with Crippen LogP contribution < -0.4 is 10.6 Å². The zero-order valence-electron chi connectivity index (χ0n) is 12.2. The van der Waals surface area contributed by atoms with Gasteiger partial charge in [0.1, 0.15) is 18.0 Å². The van der Waals surface area contributed by atoms with Gasteiger partial charge in [0.15, 0.2) is 0 Å². The van der Waals surface area contributed by atoms with Gasteiger partial charge >= 0.3 is 0 Å². The van der Waals surface area contributed by atoms with Gasteiger partial charge < -0.3 is 10.6 Å². The summed E-state index contributed by atoms with van der Waals surface area (Å²) < 4.78 is 1.05. The lowest BCUT2D eigenvalue weighted by Gasteiger charge is -2.18. The normalized spacial score (nSPS) is 10.8. The number of rotatable bonds is 5. The van der Waals surface area contributed by atoms with Crippen LogP contribution in [-0.2, 0) is 0 Å². The van der Waals surface area contributed by atoms with Gasteiger partial charge in [-0.2, -0.15) is 0 Å². The first-order valence-electron chi connectivity index (χ1n) is 6.83. The minimum absolute atomic E-state index is 0.313. The summed E-state index contributed by atoms with van der Waals surface area (Å²) in [7, 11) is 0. The highest BCUT2D eigenvalue weighted by Gasteiger charge is 2.15. The molecule has 0 saturated heterocycles. The van der Waals surface area contributed by atoms with E-state index >= 15 is 0 Å². The Hall–Kier alpha value is -1.08. The molecule has 0 fully saturated rings. The largest absolute Gasteiger partial charge is 0.370 e. The number of aromatic nitrogens is 2. The molecule has 0 radical (unpaired) electrons. The third-order valence-electron chi connectivity index (χ3n) is 2.99. The van der Waals surface area contributed by atoms with E-state index in [0.29, 0.717) is 5.92 Å². The van der Waals surface area contributed by atoms with Gasteiger partial charge in [0.05, 0.1) is 5.69 Å². The van der Waals surface area contributed by atoms with Crippen LogP contribution in [0.25, 0.3) is 0 Å². The van der Waals surface area contributed by atoms with Gasteiger partial charge in [0, 0.05) is 20.7 Å². The summed E-state index contributed by atoms with van der Waals surface area (Å²) in [5.41, 5.74) is 2.08. The highest BCUT2D eigenvalue weighted by Crippen LogP contribution is 2.32. The monoisotopic (exact) mass is 416 g/mol. The molecule has 0 saturated carbocycles. The Balaban J connectivity index is 2.41. The fourth-order valence-corrected chi connectivity index (χ4v) is 3.08. The van der Waals surface area contributed by atoms with Crippen molar-refractivity contribution < 1.29 is 0 Å². The third kappa shape index (κ3) is 3.97. The zero-order valence-corrected chi connectivity index (χ0v) is 15.2. The number of hydrogen-bond acceptors (Lipinski definition) is 4. The molecule has 21 heavy (non-hydrogen) atoms. The van der Waals surface area contributed by atoms with E-state index in [4.69, 9.17) is 11.6 Å². The smallest absolute Gasteiger partial charge is 0.139 e. The maximum Gasteiger partial charge on any atom is 0.139 e. The van der Waals surface area contributed by atoms with Gasteiger partial charge in [-0.15, -0.1) is 0 Å². The molecule has 2 N–H and O–H groups in total. The van der Waals surface area contributed by atoms with Gasteiger partial charge in [0.25, 0.3) is 0 Å². The van der Waals surface area contributed by atoms with Gasteiger partial charge in [0.2, 0.25) is 0 Å². The molecule has 6 heteroatoms. The lowest BCUT2D eigenvalue weighted by molar-refractivity contribution is 0.849. The molecular weight excluding hydrogens is 399 g/mol. The van der Waals surface area contributed by atoms with Crippen LogP contribution in [0.5, 0.6) is 0 Å². The van der Waals surface area contributed by atoms with E-state index in [1.165, 1.54) is 0 Å². The molecule has 0 aliphatic rings. The Bertz CT molecular complexity index is 631. The van der Waals surface area contributed by atoms with E-state index in [2.05, 4.69) is 64.0 Å². The Morgan fingerprint density at radius 1 is 1.24 bits per heavy atom. The Morgan fingerprint density at radius 2 is 1.95 bits per heavy atom. The predicted molar refractivity (Wildman–Crippen MR) is 97.7 cm³/mol. The van der Waals surface area contributed by atoms with Gasteiger partial charge in [-0.25, -0.2) is 9.97 Å². The molecule has 0 aliphatic carbocycles. The lowest BCUT2D eigenvalue weighted by atomic mass is 10.0. The number of anilines is 3. The molecule has 4 nitrogen and oxygen atoms in total. The molecule has 0 bridgehead atoms. The molecule has 0 atom stereocenters. The number of nitrogens with one attached hydrogen (secondary N) is 2. The first-order chi connectivity index (χ1) is 10.0. The minimum atomic E-state index is 0.313. The Morgan fingerprint density at radius 3 is 2.57 bits per heavy atom. The summed E-state index contributed by atoms with van der Waals surface area (Å²) >= 11 is 8.26. The molecular formula is C15H18ClIN4. The predicted octanol–water partition coefficient (Wildman–Crippen LogP) is 5.03. The second-order valence-corrected chi connectivity index (χ2v) is 6.52. The van der Waals surface area contributed by atoms with Gasteiger partial charge in [-0.3, -0.25) is 0 Å². The van der Waals surface area contributed by atoms with Gasteiger partial charge in [-0.1, -0.05) is 25.4 Å². The molecule has 0 unspecified atom stereocenters. The molecule has 0 amide bonds. The van der Waals surface area contributed by atoms with E-state index in [1.54, 1.807) is 6.33 Å². The average Bonchev–Trinajstić information content (AvgIpc) is 2.42. The molecule has 1 aromatic heterocycles. The zero-order chi connectivity index (χ0) is 15.4. The summed E-state index contributed by atoms with van der Waals surface area (Å²) in [5.74, 6) is 2.03. The van der Waals surface area contributed by atoms with Crippen molar-refractivity contribution >= 4 is 51.5 Å². The van der Waals surface area contributed by atoms with Crippen LogP contribution in [-0.4, -0.2) is 16.5 Å². The third-order valence-corrected chi connectivity index (χ3v) is 4.12. The van der Waals surface area contributed by atoms with Crippen LogP contribution in [0, 0.1) is 3.57 Å². The van der Waals surface area contributed by atoms with E-state index in [1.807, 2.05) is 18.2 Å². The standard InChI is InChI=1S/C15H18ClIN4/c1-4-18-14-13(9(2)3)15(20-8-19-14)21-12-6-5-10(16)7-11(12)17/h5-9H,4H2,1-3H3,(H2,18,19,20,21). The van der Waals surface area contributed by atoms with Crippen LogP contribution in [0.3, 0.4) is 0 Å². The van der Waals surface area contributed by atoms with E-state index in [0.717, 1.165) is 38.0 Å². The van der Waals surface area contributed by atoms with Crippen LogP contribution in [0.1, 0.15) is 32.3 Å². The van der Waals surface area contributed by atoms with Crippen LogP contribution in [0.2, 0.25) is 5.02 Å². The summed E-state index contributed by atoms with van der Waals surface area (Å²) in [6.45, 7) is 7.16. The fourth-order valence-electron chi connectivity index (χ4n) is 2.07. The molecule has 0 spiro atoms. The van der Waals surface area contributed by atoms with Crippen LogP contribution in [0.15, 0.2) is 24.5 Å². The Labute approximate surface area is 143 Å². The van der Waals surface area contributed by atoms with Crippen molar-refractivity contribution in [3.05, 3.63) is 38.7 Å². The fraction of sp³-hybridized carbons (Fsp3) is 0.333. The highest BCUT2D eigenvalue weighted by atomic mass is 127. The molecule has 1 heterocycles.